The zero-order chi connectivity index (χ0) is 30.1. The molecule has 4 rings (SSSR count). The van der Waals surface area contributed by atoms with Crippen LogP contribution in [0, 0.1) is 17.7 Å². The van der Waals surface area contributed by atoms with E-state index >= 15 is 0 Å². The molecule has 1 aliphatic heterocycles. The van der Waals surface area contributed by atoms with Crippen LogP contribution in [0.4, 0.5) is 15.8 Å². The zero-order valence-corrected chi connectivity index (χ0v) is 23.0. The molecule has 1 heterocycles. The number of amides is 3. The summed E-state index contributed by atoms with van der Waals surface area (Å²) >= 11 is 0. The van der Waals surface area contributed by atoms with Gasteiger partial charge in [0.15, 0.2) is 0 Å². The number of halogens is 1. The van der Waals surface area contributed by atoms with Gasteiger partial charge in [-0.15, -0.1) is 0 Å². The van der Waals surface area contributed by atoms with Gasteiger partial charge in [0.2, 0.25) is 5.91 Å². The molecule has 42 heavy (non-hydrogen) atoms. The first-order valence-electron chi connectivity index (χ1n) is 13.4. The van der Waals surface area contributed by atoms with Crippen molar-refractivity contribution in [3.63, 3.8) is 0 Å². The standard InChI is InChI=1S/C31H32FN5O5/c1-21(38)29(31(41)35-42)34-30(40)24-10-7-22(8-11-24)6-9-23-4-2-3-5-27(23)33-28(39)20-36-16-18-37(19-17-36)26-14-12-25(32)13-15-26/h2-5,7-8,10-15,21,29,38,42H,16-20H2,1H3,(H,33,39)(H,34,40)(H,35,41)/t21-,29+/m1/s1. The maximum absolute atomic E-state index is 13.2. The number of nitrogens with one attached hydrogen (secondary N) is 3. The Bertz CT molecular complexity index is 1460. The molecule has 0 radical (unpaired) electrons. The lowest BCUT2D eigenvalue weighted by Crippen LogP contribution is -2.51. The molecule has 0 saturated carbocycles. The van der Waals surface area contributed by atoms with Crippen LogP contribution in [-0.2, 0) is 9.59 Å². The molecule has 5 N–H and O–H groups in total. The third kappa shape index (κ3) is 8.14. The maximum atomic E-state index is 13.2. The van der Waals surface area contributed by atoms with Crippen LogP contribution in [0.2, 0.25) is 0 Å². The van der Waals surface area contributed by atoms with Crippen LogP contribution >= 0.6 is 0 Å². The topological polar surface area (TPSA) is 134 Å². The molecule has 0 bridgehead atoms. The monoisotopic (exact) mass is 573 g/mol. The summed E-state index contributed by atoms with van der Waals surface area (Å²) < 4.78 is 13.2. The fourth-order valence-electron chi connectivity index (χ4n) is 4.45. The molecular formula is C31H32FN5O5. The molecule has 1 fully saturated rings. The molecule has 0 unspecified atom stereocenters. The van der Waals surface area contributed by atoms with E-state index in [9.17, 15) is 23.9 Å². The average molecular weight is 574 g/mol. The van der Waals surface area contributed by atoms with E-state index in [0.717, 1.165) is 18.8 Å². The summed E-state index contributed by atoms with van der Waals surface area (Å²) in [4.78, 5) is 41.2. The Morgan fingerprint density at radius 2 is 1.60 bits per heavy atom. The lowest BCUT2D eigenvalue weighted by atomic mass is 10.1. The first kappa shape index (κ1) is 30.2. The largest absolute Gasteiger partial charge is 0.391 e. The molecule has 0 spiro atoms. The van der Waals surface area contributed by atoms with Gasteiger partial charge in [0.1, 0.15) is 11.9 Å². The van der Waals surface area contributed by atoms with Crippen LogP contribution in [0.25, 0.3) is 0 Å². The Hall–Kier alpha value is -4.76. The lowest BCUT2D eigenvalue weighted by molar-refractivity contribution is -0.133. The van der Waals surface area contributed by atoms with Gasteiger partial charge in [-0.1, -0.05) is 24.0 Å². The molecule has 3 aromatic rings. The normalized spacial score (nSPS) is 14.6. The highest BCUT2D eigenvalue weighted by molar-refractivity contribution is 5.97. The van der Waals surface area contributed by atoms with Crippen molar-refractivity contribution in [2.45, 2.75) is 19.1 Å². The van der Waals surface area contributed by atoms with Crippen molar-refractivity contribution < 1.29 is 29.1 Å². The van der Waals surface area contributed by atoms with Crippen LogP contribution in [0.3, 0.4) is 0 Å². The molecule has 3 aromatic carbocycles. The number of para-hydroxylation sites is 1. The highest BCUT2D eigenvalue weighted by Crippen LogP contribution is 2.18. The fraction of sp³-hybridized carbons (Fsp3) is 0.258. The van der Waals surface area contributed by atoms with Gasteiger partial charge < -0.3 is 20.6 Å². The second-order valence-corrected chi connectivity index (χ2v) is 9.83. The molecule has 11 heteroatoms. The predicted octanol–water partition coefficient (Wildman–Crippen LogP) is 1.97. The summed E-state index contributed by atoms with van der Waals surface area (Å²) in [6.45, 7) is 4.43. The SMILES string of the molecule is C[C@@H](O)[C@H](NC(=O)c1ccc(C#Cc2ccccc2NC(=O)CN2CCN(c3ccc(F)cc3)CC2)cc1)C(=O)NO. The van der Waals surface area contributed by atoms with Crippen LogP contribution in [0.5, 0.6) is 0 Å². The van der Waals surface area contributed by atoms with Crippen LogP contribution < -0.4 is 21.0 Å². The minimum Gasteiger partial charge on any atom is -0.391 e. The molecule has 0 aromatic heterocycles. The van der Waals surface area contributed by atoms with E-state index in [1.54, 1.807) is 36.4 Å². The first-order chi connectivity index (χ1) is 20.2. The molecule has 2 atom stereocenters. The number of piperazine rings is 1. The smallest absolute Gasteiger partial charge is 0.268 e. The third-order valence-corrected chi connectivity index (χ3v) is 6.78. The van der Waals surface area contributed by atoms with Gasteiger partial charge in [-0.25, -0.2) is 9.87 Å². The number of carbonyl (C=O) groups is 3. The predicted molar refractivity (Wildman–Crippen MR) is 155 cm³/mol. The molecular weight excluding hydrogens is 541 g/mol. The summed E-state index contributed by atoms with van der Waals surface area (Å²) in [5.41, 5.74) is 4.45. The molecule has 1 saturated heterocycles. The van der Waals surface area contributed by atoms with Crippen molar-refractivity contribution in [1.29, 1.82) is 0 Å². The van der Waals surface area contributed by atoms with Crippen molar-refractivity contribution in [2.75, 3.05) is 42.9 Å². The third-order valence-electron chi connectivity index (χ3n) is 6.78. The van der Waals surface area contributed by atoms with Gasteiger partial charge in [0.25, 0.3) is 11.8 Å². The summed E-state index contributed by atoms with van der Waals surface area (Å²) in [6.07, 6.45) is -1.22. The van der Waals surface area contributed by atoms with Crippen molar-refractivity contribution in [3.8, 4) is 11.8 Å². The molecule has 1 aliphatic rings. The Labute approximate surface area is 243 Å². The van der Waals surface area contributed by atoms with E-state index in [2.05, 4.69) is 32.3 Å². The maximum Gasteiger partial charge on any atom is 0.268 e. The lowest BCUT2D eigenvalue weighted by Gasteiger charge is -2.35. The minimum absolute atomic E-state index is 0.153. The van der Waals surface area contributed by atoms with Crippen LogP contribution in [-0.4, -0.2) is 77.8 Å². The number of nitrogens with zero attached hydrogens (tertiary/aromatic N) is 2. The van der Waals surface area contributed by atoms with Gasteiger partial charge in [-0.2, -0.15) is 0 Å². The second kappa shape index (κ2) is 14.2. The Kier molecular flexibility index (Phi) is 10.2. The summed E-state index contributed by atoms with van der Waals surface area (Å²) in [7, 11) is 0. The number of hydrogen-bond donors (Lipinski definition) is 5. The Morgan fingerprint density at radius 1 is 0.929 bits per heavy atom. The number of hydrogen-bond acceptors (Lipinski definition) is 7. The van der Waals surface area contributed by atoms with Crippen molar-refractivity contribution in [1.82, 2.24) is 15.7 Å². The Morgan fingerprint density at radius 3 is 2.24 bits per heavy atom. The van der Waals surface area contributed by atoms with Gasteiger partial charge in [0.05, 0.1) is 18.3 Å². The number of anilines is 2. The molecule has 218 valence electrons. The number of rotatable bonds is 8. The van der Waals surface area contributed by atoms with Crippen molar-refractivity contribution in [3.05, 3.63) is 95.3 Å². The molecule has 10 nitrogen and oxygen atoms in total. The van der Waals surface area contributed by atoms with Crippen LogP contribution in [0.1, 0.15) is 28.4 Å². The average Bonchev–Trinajstić information content (AvgIpc) is 3.00. The van der Waals surface area contributed by atoms with Gasteiger partial charge >= 0.3 is 0 Å². The van der Waals surface area contributed by atoms with Crippen molar-refractivity contribution >= 4 is 29.1 Å². The fourth-order valence-corrected chi connectivity index (χ4v) is 4.45. The van der Waals surface area contributed by atoms with Gasteiger partial charge in [0, 0.05) is 48.6 Å². The highest BCUT2D eigenvalue weighted by Gasteiger charge is 2.25. The minimum atomic E-state index is -1.32. The van der Waals surface area contributed by atoms with Gasteiger partial charge in [-0.05, 0) is 67.6 Å². The number of aliphatic hydroxyl groups is 1. The highest BCUT2D eigenvalue weighted by atomic mass is 19.1. The number of carbonyl (C=O) groups excluding carboxylic acids is 3. The van der Waals surface area contributed by atoms with Crippen molar-refractivity contribution in [2.24, 2.45) is 0 Å². The number of hydroxylamine groups is 1. The van der Waals surface area contributed by atoms with E-state index in [4.69, 9.17) is 5.21 Å². The van der Waals surface area contributed by atoms with Crippen LogP contribution in [0.15, 0.2) is 72.8 Å². The molecule has 3 amide bonds. The quantitative estimate of drug-likeness (QED) is 0.158. The Balaban J connectivity index is 1.33. The van der Waals surface area contributed by atoms with E-state index in [-0.39, 0.29) is 23.8 Å². The van der Waals surface area contributed by atoms with E-state index in [1.807, 2.05) is 12.1 Å². The summed E-state index contributed by atoms with van der Waals surface area (Å²) in [5.74, 6) is 4.13. The second-order valence-electron chi connectivity index (χ2n) is 9.83. The molecule has 0 aliphatic carbocycles. The van der Waals surface area contributed by atoms with E-state index in [1.165, 1.54) is 36.7 Å². The van der Waals surface area contributed by atoms with Gasteiger partial charge in [-0.3, -0.25) is 24.5 Å². The number of aliphatic hydroxyl groups excluding tert-OH is 1. The number of benzene rings is 3. The van der Waals surface area contributed by atoms with E-state index in [0.29, 0.717) is 29.9 Å². The summed E-state index contributed by atoms with van der Waals surface area (Å²) in [5, 5.41) is 23.8. The zero-order valence-electron chi connectivity index (χ0n) is 23.0. The first-order valence-corrected chi connectivity index (χ1v) is 13.4. The van der Waals surface area contributed by atoms with E-state index < -0.39 is 24.0 Å². The summed E-state index contributed by atoms with van der Waals surface area (Å²) in [6, 6.07) is 18.6.